The molecule has 0 N–H and O–H groups in total. The molecule has 0 saturated heterocycles. The fraction of sp³-hybridized carbons (Fsp3) is 0.250. The van der Waals surface area contributed by atoms with Gasteiger partial charge in [0.2, 0.25) is 0 Å². The lowest BCUT2D eigenvalue weighted by Crippen LogP contribution is -1.96. The van der Waals surface area contributed by atoms with Crippen LogP contribution in [0.3, 0.4) is 0 Å². The number of hydrogen-bond donors (Lipinski definition) is 0. The minimum absolute atomic E-state index is 0.829. The third-order valence-corrected chi connectivity index (χ3v) is 3.02. The predicted octanol–water partition coefficient (Wildman–Crippen LogP) is 3.49. The third kappa shape index (κ3) is 3.04. The van der Waals surface area contributed by atoms with Crippen LogP contribution in [0.2, 0.25) is 0 Å². The molecule has 0 heterocycles. The van der Waals surface area contributed by atoms with Crippen LogP contribution < -0.4 is 9.47 Å². The average Bonchev–Trinajstić information content (AvgIpc) is 2.46. The van der Waals surface area contributed by atoms with Gasteiger partial charge in [-0.25, -0.2) is 0 Å². The summed E-state index contributed by atoms with van der Waals surface area (Å²) in [7, 11) is 3.36. The van der Waals surface area contributed by atoms with Crippen molar-refractivity contribution in [3.8, 4) is 11.5 Å². The molecule has 0 saturated carbocycles. The zero-order valence-corrected chi connectivity index (χ0v) is 10.8. The molecule has 0 aliphatic carbocycles. The second kappa shape index (κ2) is 6.10. The van der Waals surface area contributed by atoms with E-state index in [9.17, 15) is 0 Å². The number of hydrogen-bond acceptors (Lipinski definition) is 2. The van der Waals surface area contributed by atoms with E-state index in [1.165, 1.54) is 11.1 Å². The van der Waals surface area contributed by atoms with Crippen LogP contribution in [-0.2, 0) is 12.8 Å². The highest BCUT2D eigenvalue weighted by Crippen LogP contribution is 2.25. The molecule has 2 heteroatoms. The molecular weight excluding hydrogens is 224 g/mol. The van der Waals surface area contributed by atoms with Gasteiger partial charge in [0.05, 0.1) is 14.2 Å². The molecule has 0 atom stereocenters. The summed E-state index contributed by atoms with van der Waals surface area (Å²) in [5, 5.41) is 0. The number of aryl methyl sites for hydroxylation is 2. The molecule has 0 aromatic heterocycles. The van der Waals surface area contributed by atoms with Crippen molar-refractivity contribution in [1.29, 1.82) is 0 Å². The van der Waals surface area contributed by atoms with E-state index in [0.29, 0.717) is 0 Å². The first-order valence-electron chi connectivity index (χ1n) is 6.08. The first-order valence-corrected chi connectivity index (χ1v) is 6.08. The van der Waals surface area contributed by atoms with Gasteiger partial charge in [-0.1, -0.05) is 36.4 Å². The molecule has 0 unspecified atom stereocenters. The molecule has 0 spiro atoms. The molecule has 18 heavy (non-hydrogen) atoms. The first-order chi connectivity index (χ1) is 8.83. The van der Waals surface area contributed by atoms with Gasteiger partial charge in [0.25, 0.3) is 0 Å². The minimum atomic E-state index is 0.829. The normalized spacial score (nSPS) is 10.1. The van der Waals surface area contributed by atoms with E-state index in [4.69, 9.17) is 9.47 Å². The second-order valence-corrected chi connectivity index (χ2v) is 4.16. The Bertz CT molecular complexity index is 492. The average molecular weight is 242 g/mol. The zero-order chi connectivity index (χ0) is 12.8. The Kier molecular flexibility index (Phi) is 4.24. The van der Waals surface area contributed by atoms with Crippen LogP contribution >= 0.6 is 0 Å². The van der Waals surface area contributed by atoms with Crippen molar-refractivity contribution in [3.05, 3.63) is 59.7 Å². The highest BCUT2D eigenvalue weighted by atomic mass is 16.5. The van der Waals surface area contributed by atoms with Gasteiger partial charge in [-0.2, -0.15) is 0 Å². The zero-order valence-electron chi connectivity index (χ0n) is 10.8. The maximum absolute atomic E-state index is 5.40. The summed E-state index contributed by atoms with van der Waals surface area (Å²) in [5.74, 6) is 1.72. The first kappa shape index (κ1) is 12.5. The van der Waals surface area contributed by atoms with E-state index in [-0.39, 0.29) is 0 Å². The summed E-state index contributed by atoms with van der Waals surface area (Å²) in [4.78, 5) is 0. The molecule has 0 aliphatic rings. The number of benzene rings is 2. The van der Waals surface area contributed by atoms with Crippen molar-refractivity contribution in [1.82, 2.24) is 0 Å². The standard InChI is InChI=1S/C16H18O2/c1-17-15-11-10-14(16(12-15)18-2)9-8-13-6-4-3-5-7-13/h3-7,10-12H,8-9H2,1-2H3. The van der Waals surface area contributed by atoms with Crippen LogP contribution in [0.4, 0.5) is 0 Å². The van der Waals surface area contributed by atoms with Crippen molar-refractivity contribution < 1.29 is 9.47 Å². The van der Waals surface area contributed by atoms with Gasteiger partial charge in [-0.15, -0.1) is 0 Å². The Morgan fingerprint density at radius 3 is 2.28 bits per heavy atom. The van der Waals surface area contributed by atoms with Gasteiger partial charge in [-0.05, 0) is 30.0 Å². The van der Waals surface area contributed by atoms with Gasteiger partial charge < -0.3 is 9.47 Å². The Morgan fingerprint density at radius 2 is 1.61 bits per heavy atom. The minimum Gasteiger partial charge on any atom is -0.497 e. The molecule has 2 nitrogen and oxygen atoms in total. The lowest BCUT2D eigenvalue weighted by atomic mass is 10.0. The Balaban J connectivity index is 2.09. The fourth-order valence-electron chi connectivity index (χ4n) is 1.98. The molecule has 2 aromatic rings. The largest absolute Gasteiger partial charge is 0.497 e. The van der Waals surface area contributed by atoms with Gasteiger partial charge in [0, 0.05) is 6.07 Å². The van der Waals surface area contributed by atoms with Crippen LogP contribution in [-0.4, -0.2) is 14.2 Å². The number of methoxy groups -OCH3 is 2. The summed E-state index contributed by atoms with van der Waals surface area (Å²) in [6, 6.07) is 16.5. The van der Waals surface area contributed by atoms with Crippen LogP contribution in [0.5, 0.6) is 11.5 Å². The van der Waals surface area contributed by atoms with Gasteiger partial charge in [0.1, 0.15) is 11.5 Å². The van der Waals surface area contributed by atoms with Crippen molar-refractivity contribution in [2.45, 2.75) is 12.8 Å². The van der Waals surface area contributed by atoms with E-state index in [2.05, 4.69) is 30.3 Å². The van der Waals surface area contributed by atoms with Gasteiger partial charge >= 0.3 is 0 Å². The highest BCUT2D eigenvalue weighted by molar-refractivity contribution is 5.41. The van der Waals surface area contributed by atoms with Crippen LogP contribution in [0.25, 0.3) is 0 Å². The molecule has 0 aliphatic heterocycles. The van der Waals surface area contributed by atoms with Gasteiger partial charge in [0.15, 0.2) is 0 Å². The van der Waals surface area contributed by atoms with Crippen molar-refractivity contribution in [2.24, 2.45) is 0 Å². The molecule has 2 aromatic carbocycles. The molecule has 0 radical (unpaired) electrons. The van der Waals surface area contributed by atoms with Crippen molar-refractivity contribution in [2.75, 3.05) is 14.2 Å². The SMILES string of the molecule is COc1ccc(CCc2ccccc2)c(OC)c1. The van der Waals surface area contributed by atoms with E-state index >= 15 is 0 Å². The Morgan fingerprint density at radius 1 is 0.833 bits per heavy atom. The van der Waals surface area contributed by atoms with Crippen molar-refractivity contribution in [3.63, 3.8) is 0 Å². The molecule has 94 valence electrons. The van der Waals surface area contributed by atoms with E-state index in [1.807, 2.05) is 18.2 Å². The summed E-state index contributed by atoms with van der Waals surface area (Å²) >= 11 is 0. The molecular formula is C16H18O2. The smallest absolute Gasteiger partial charge is 0.125 e. The maximum atomic E-state index is 5.40. The van der Waals surface area contributed by atoms with Gasteiger partial charge in [-0.3, -0.25) is 0 Å². The topological polar surface area (TPSA) is 18.5 Å². The Labute approximate surface area is 108 Å². The Hall–Kier alpha value is -1.96. The van der Waals surface area contributed by atoms with Crippen LogP contribution in [0.15, 0.2) is 48.5 Å². The van der Waals surface area contributed by atoms with E-state index in [0.717, 1.165) is 24.3 Å². The van der Waals surface area contributed by atoms with E-state index in [1.54, 1.807) is 14.2 Å². The molecule has 2 rings (SSSR count). The van der Waals surface area contributed by atoms with Crippen LogP contribution in [0, 0.1) is 0 Å². The van der Waals surface area contributed by atoms with Crippen molar-refractivity contribution >= 4 is 0 Å². The summed E-state index contributed by atoms with van der Waals surface area (Å²) in [6.07, 6.45) is 1.99. The summed E-state index contributed by atoms with van der Waals surface area (Å²) < 4.78 is 10.6. The van der Waals surface area contributed by atoms with E-state index < -0.39 is 0 Å². The highest BCUT2D eigenvalue weighted by Gasteiger charge is 2.05. The molecule has 0 fully saturated rings. The fourth-order valence-corrected chi connectivity index (χ4v) is 1.98. The quantitative estimate of drug-likeness (QED) is 0.799. The lowest BCUT2D eigenvalue weighted by molar-refractivity contribution is 0.391. The number of rotatable bonds is 5. The monoisotopic (exact) mass is 242 g/mol. The third-order valence-electron chi connectivity index (χ3n) is 3.02. The predicted molar refractivity (Wildman–Crippen MR) is 73.4 cm³/mol. The lowest BCUT2D eigenvalue weighted by Gasteiger charge is -2.10. The summed E-state index contributed by atoms with van der Waals surface area (Å²) in [6.45, 7) is 0. The second-order valence-electron chi connectivity index (χ2n) is 4.16. The van der Waals surface area contributed by atoms with Crippen LogP contribution in [0.1, 0.15) is 11.1 Å². The maximum Gasteiger partial charge on any atom is 0.125 e. The molecule has 0 bridgehead atoms. The summed E-state index contributed by atoms with van der Waals surface area (Å²) in [5.41, 5.74) is 2.55. The number of ether oxygens (including phenoxy) is 2. The molecule has 0 amide bonds.